The number of thiophene rings is 1. The van der Waals surface area contributed by atoms with Crippen molar-refractivity contribution >= 4 is 28.8 Å². The third-order valence-corrected chi connectivity index (χ3v) is 4.66. The molecule has 3 rings (SSSR count). The minimum Gasteiger partial charge on any atom is -0.455 e. The lowest BCUT2D eigenvalue weighted by Crippen LogP contribution is -2.27. The summed E-state index contributed by atoms with van der Waals surface area (Å²) in [5, 5.41) is 7.42. The van der Waals surface area contributed by atoms with Crippen molar-refractivity contribution in [3.8, 4) is 11.5 Å². The van der Waals surface area contributed by atoms with Crippen LogP contribution in [0.1, 0.15) is 21.7 Å². The number of aryl methyl sites for hydroxylation is 1. The highest BCUT2D eigenvalue weighted by Crippen LogP contribution is 2.29. The van der Waals surface area contributed by atoms with E-state index in [-0.39, 0.29) is 24.8 Å². The van der Waals surface area contributed by atoms with Gasteiger partial charge >= 0.3 is 0 Å². The van der Waals surface area contributed by atoms with E-state index < -0.39 is 0 Å². The number of para-hydroxylation sites is 2. The summed E-state index contributed by atoms with van der Waals surface area (Å²) in [6.07, 6.45) is 0.177. The molecule has 2 amide bonds. The Hall–Kier alpha value is -3.12. The van der Waals surface area contributed by atoms with Crippen molar-refractivity contribution in [2.45, 2.75) is 13.3 Å². The fourth-order valence-corrected chi connectivity index (χ4v) is 3.03. The molecule has 1 heterocycles. The Morgan fingerprint density at radius 2 is 1.78 bits per heavy atom. The third-order valence-electron chi connectivity index (χ3n) is 3.79. The first-order chi connectivity index (χ1) is 13.1. The number of anilines is 1. The highest BCUT2D eigenvalue weighted by atomic mass is 32.1. The summed E-state index contributed by atoms with van der Waals surface area (Å²) in [6, 6.07) is 18.5. The lowest BCUT2D eigenvalue weighted by atomic mass is 10.2. The maximum absolute atomic E-state index is 12.2. The highest BCUT2D eigenvalue weighted by Gasteiger charge is 2.10. The van der Waals surface area contributed by atoms with Crippen LogP contribution in [0.3, 0.4) is 0 Å². The van der Waals surface area contributed by atoms with Crippen LogP contribution in [0.5, 0.6) is 11.5 Å². The molecule has 0 radical (unpaired) electrons. The first-order valence-electron chi connectivity index (χ1n) is 8.57. The fraction of sp³-hybridized carbons (Fsp3) is 0.143. The van der Waals surface area contributed by atoms with Crippen molar-refractivity contribution in [1.82, 2.24) is 5.32 Å². The second-order valence-electron chi connectivity index (χ2n) is 5.94. The molecular formula is C21H20N2O3S. The first-order valence-corrected chi connectivity index (χ1v) is 9.45. The van der Waals surface area contributed by atoms with Crippen LogP contribution < -0.4 is 15.4 Å². The van der Waals surface area contributed by atoms with Gasteiger partial charge in [-0.2, -0.15) is 0 Å². The minimum absolute atomic E-state index is 0.166. The molecule has 0 saturated heterocycles. The molecule has 27 heavy (non-hydrogen) atoms. The number of hydrogen-bond donors (Lipinski definition) is 2. The minimum atomic E-state index is -0.193. The Labute approximate surface area is 162 Å². The Balaban J connectivity index is 1.54. The second-order valence-corrected chi connectivity index (χ2v) is 6.89. The molecule has 3 aromatic rings. The lowest BCUT2D eigenvalue weighted by molar-refractivity contribution is -0.116. The van der Waals surface area contributed by atoms with E-state index in [2.05, 4.69) is 10.6 Å². The van der Waals surface area contributed by atoms with Crippen LogP contribution in [0.2, 0.25) is 0 Å². The third kappa shape index (κ3) is 5.43. The summed E-state index contributed by atoms with van der Waals surface area (Å²) in [5.74, 6) is 0.908. The van der Waals surface area contributed by atoms with Crippen molar-refractivity contribution in [1.29, 1.82) is 0 Å². The first kappa shape index (κ1) is 18.7. The van der Waals surface area contributed by atoms with Crippen LogP contribution in [0, 0.1) is 6.92 Å². The predicted molar refractivity (Wildman–Crippen MR) is 108 cm³/mol. The summed E-state index contributed by atoms with van der Waals surface area (Å²) in [5.41, 5.74) is 1.74. The SMILES string of the molecule is Cc1ccc(Oc2ccccc2NC(=O)CCNC(=O)c2cccs2)cc1. The van der Waals surface area contributed by atoms with E-state index in [1.54, 1.807) is 18.2 Å². The van der Waals surface area contributed by atoms with Gasteiger partial charge < -0.3 is 15.4 Å². The van der Waals surface area contributed by atoms with Crippen LogP contribution in [-0.4, -0.2) is 18.4 Å². The Morgan fingerprint density at radius 1 is 1.00 bits per heavy atom. The van der Waals surface area contributed by atoms with E-state index in [0.717, 1.165) is 5.56 Å². The molecule has 2 aromatic carbocycles. The maximum Gasteiger partial charge on any atom is 0.261 e. The second kappa shape index (κ2) is 9.00. The van der Waals surface area contributed by atoms with Gasteiger partial charge in [0.2, 0.25) is 5.91 Å². The number of carbonyl (C=O) groups excluding carboxylic acids is 2. The van der Waals surface area contributed by atoms with E-state index in [1.165, 1.54) is 11.3 Å². The monoisotopic (exact) mass is 380 g/mol. The van der Waals surface area contributed by atoms with E-state index >= 15 is 0 Å². The number of amides is 2. The van der Waals surface area contributed by atoms with Gasteiger partial charge in [-0.1, -0.05) is 35.9 Å². The predicted octanol–water partition coefficient (Wildman–Crippen LogP) is 4.61. The van der Waals surface area contributed by atoms with Gasteiger partial charge in [-0.05, 0) is 42.6 Å². The zero-order valence-electron chi connectivity index (χ0n) is 14.9. The topological polar surface area (TPSA) is 67.4 Å². The number of nitrogens with one attached hydrogen (secondary N) is 2. The fourth-order valence-electron chi connectivity index (χ4n) is 2.39. The summed E-state index contributed by atoms with van der Waals surface area (Å²) >= 11 is 1.37. The number of ether oxygens (including phenoxy) is 1. The zero-order chi connectivity index (χ0) is 19.1. The molecule has 6 heteroatoms. The highest BCUT2D eigenvalue weighted by molar-refractivity contribution is 7.12. The summed E-state index contributed by atoms with van der Waals surface area (Å²) in [6.45, 7) is 2.28. The molecule has 2 N–H and O–H groups in total. The van der Waals surface area contributed by atoms with Gasteiger partial charge in [0.1, 0.15) is 5.75 Å². The Kier molecular flexibility index (Phi) is 6.22. The summed E-state index contributed by atoms with van der Waals surface area (Å²) in [7, 11) is 0. The summed E-state index contributed by atoms with van der Waals surface area (Å²) < 4.78 is 5.87. The molecule has 0 atom stereocenters. The van der Waals surface area contributed by atoms with Crippen molar-refractivity contribution < 1.29 is 14.3 Å². The van der Waals surface area contributed by atoms with Crippen LogP contribution in [0.15, 0.2) is 66.0 Å². The largest absolute Gasteiger partial charge is 0.455 e. The van der Waals surface area contributed by atoms with E-state index in [9.17, 15) is 9.59 Å². The molecule has 0 bridgehead atoms. The lowest BCUT2D eigenvalue weighted by Gasteiger charge is -2.12. The van der Waals surface area contributed by atoms with Crippen LogP contribution >= 0.6 is 11.3 Å². The molecule has 0 saturated carbocycles. The zero-order valence-corrected chi connectivity index (χ0v) is 15.7. The molecule has 0 fully saturated rings. The van der Waals surface area contributed by atoms with Gasteiger partial charge in [0, 0.05) is 13.0 Å². The van der Waals surface area contributed by atoms with Crippen molar-refractivity contribution in [3.05, 3.63) is 76.5 Å². The summed E-state index contributed by atoms with van der Waals surface area (Å²) in [4.78, 5) is 24.7. The molecule has 5 nitrogen and oxygen atoms in total. The Bertz CT molecular complexity index is 905. The number of benzene rings is 2. The van der Waals surface area contributed by atoms with Gasteiger partial charge in [0.05, 0.1) is 10.6 Å². The van der Waals surface area contributed by atoms with E-state index in [4.69, 9.17) is 4.74 Å². The standard InChI is InChI=1S/C21H20N2O3S/c1-15-8-10-16(11-9-15)26-18-6-3-2-5-17(18)23-20(24)12-13-22-21(25)19-7-4-14-27-19/h2-11,14H,12-13H2,1H3,(H,22,25)(H,23,24). The average Bonchev–Trinajstić information content (AvgIpc) is 3.20. The molecule has 1 aromatic heterocycles. The smallest absolute Gasteiger partial charge is 0.261 e. The molecular weight excluding hydrogens is 360 g/mol. The molecule has 0 aliphatic rings. The van der Waals surface area contributed by atoms with Gasteiger partial charge in [0.15, 0.2) is 5.75 Å². The average molecular weight is 380 g/mol. The van der Waals surface area contributed by atoms with E-state index in [0.29, 0.717) is 22.1 Å². The van der Waals surface area contributed by atoms with Crippen molar-refractivity contribution in [3.63, 3.8) is 0 Å². The molecule has 0 spiro atoms. The number of rotatable bonds is 7. The molecule has 138 valence electrons. The van der Waals surface area contributed by atoms with Crippen LogP contribution in [0.4, 0.5) is 5.69 Å². The quantitative estimate of drug-likeness (QED) is 0.629. The Morgan fingerprint density at radius 3 is 2.52 bits per heavy atom. The normalized spacial score (nSPS) is 10.3. The van der Waals surface area contributed by atoms with Gasteiger partial charge in [-0.25, -0.2) is 0 Å². The maximum atomic E-state index is 12.2. The number of hydrogen-bond acceptors (Lipinski definition) is 4. The van der Waals surface area contributed by atoms with Crippen molar-refractivity contribution in [2.24, 2.45) is 0 Å². The van der Waals surface area contributed by atoms with Gasteiger partial charge in [-0.3, -0.25) is 9.59 Å². The van der Waals surface area contributed by atoms with E-state index in [1.807, 2.05) is 54.8 Å². The van der Waals surface area contributed by atoms with Gasteiger partial charge in [-0.15, -0.1) is 11.3 Å². The number of carbonyl (C=O) groups is 2. The van der Waals surface area contributed by atoms with Crippen molar-refractivity contribution in [2.75, 3.05) is 11.9 Å². The molecule has 0 aliphatic heterocycles. The molecule has 0 aliphatic carbocycles. The van der Waals surface area contributed by atoms with Gasteiger partial charge in [0.25, 0.3) is 5.91 Å². The van der Waals surface area contributed by atoms with Crippen LogP contribution in [-0.2, 0) is 4.79 Å². The van der Waals surface area contributed by atoms with Crippen LogP contribution in [0.25, 0.3) is 0 Å². The molecule has 0 unspecified atom stereocenters.